The second-order valence-electron chi connectivity index (χ2n) is 9.80. The van der Waals surface area contributed by atoms with Gasteiger partial charge in [0.05, 0.1) is 11.4 Å². The SMILES string of the molecule is CSc1nnc(C)c(=O)n1/N=C(\N1CCCCC1)N(C(=Nc1ccccc1)Nn1c(SC)nnc(C)c1=O)c1ccccc1. The van der Waals surface area contributed by atoms with Crippen LogP contribution >= 0.6 is 23.5 Å². The minimum absolute atomic E-state index is 0.222. The molecule has 0 saturated carbocycles. The van der Waals surface area contributed by atoms with Gasteiger partial charge in [-0.15, -0.1) is 25.5 Å². The van der Waals surface area contributed by atoms with Crippen LogP contribution in [0.15, 0.2) is 90.7 Å². The molecule has 0 bridgehead atoms. The van der Waals surface area contributed by atoms with E-state index in [1.807, 2.05) is 78.1 Å². The number of aromatic nitrogens is 6. The Morgan fingerprint density at radius 2 is 1.39 bits per heavy atom. The Balaban J connectivity index is 1.82. The quantitative estimate of drug-likeness (QED) is 0.189. The molecule has 1 saturated heterocycles. The van der Waals surface area contributed by atoms with Crippen LogP contribution in [0.5, 0.6) is 0 Å². The first-order chi connectivity index (χ1) is 21.4. The third-order valence-corrected chi connectivity index (χ3v) is 8.03. The Morgan fingerprint density at radius 3 is 2.02 bits per heavy atom. The average Bonchev–Trinajstić information content (AvgIpc) is 3.06. The fourth-order valence-electron chi connectivity index (χ4n) is 4.54. The van der Waals surface area contributed by atoms with Crippen LogP contribution in [-0.4, -0.2) is 72.2 Å². The Kier molecular flexibility index (Phi) is 10.1. The fourth-order valence-corrected chi connectivity index (χ4v) is 5.39. The second-order valence-corrected chi connectivity index (χ2v) is 11.3. The first-order valence-corrected chi connectivity index (χ1v) is 16.5. The standard InChI is InChI=1S/C29H33N11O2S2/c1-20-24(41)39(28(43-3)33-31-20)35-26(30-22-14-8-5-9-15-22)38(23-16-10-6-11-17-23)27(37-18-12-7-13-19-37)36-40-25(42)21(2)32-34-29(40)44-4/h5-6,8-11,14-17H,7,12-13,18-19H2,1-4H3,(H,30,35)/b36-27+. The summed E-state index contributed by atoms with van der Waals surface area (Å²) in [4.78, 5) is 35.8. The van der Waals surface area contributed by atoms with Gasteiger partial charge in [0.15, 0.2) is 0 Å². The van der Waals surface area contributed by atoms with Crippen LogP contribution in [0.25, 0.3) is 0 Å². The third kappa shape index (κ3) is 6.83. The van der Waals surface area contributed by atoms with E-state index in [1.165, 1.54) is 32.9 Å². The number of piperidine rings is 1. The van der Waals surface area contributed by atoms with Crippen molar-refractivity contribution in [2.24, 2.45) is 10.1 Å². The number of likely N-dealkylation sites (tertiary alicyclic amines) is 1. The Morgan fingerprint density at radius 1 is 0.795 bits per heavy atom. The minimum atomic E-state index is -0.378. The number of thioether (sulfide) groups is 2. The number of hydrogen-bond donors (Lipinski definition) is 1. The smallest absolute Gasteiger partial charge is 0.296 e. The Labute approximate surface area is 263 Å². The maximum Gasteiger partial charge on any atom is 0.296 e. The van der Waals surface area contributed by atoms with Crippen molar-refractivity contribution in [2.45, 2.75) is 43.4 Å². The maximum atomic E-state index is 13.4. The lowest BCUT2D eigenvalue weighted by Gasteiger charge is -2.37. The van der Waals surface area contributed by atoms with Gasteiger partial charge in [-0.25, -0.2) is 9.89 Å². The van der Waals surface area contributed by atoms with E-state index < -0.39 is 0 Å². The molecule has 0 atom stereocenters. The fraction of sp³-hybridized carbons (Fsp3) is 0.310. The van der Waals surface area contributed by atoms with Crippen molar-refractivity contribution in [3.05, 3.63) is 92.8 Å². The second kappa shape index (κ2) is 14.3. The molecule has 13 nitrogen and oxygen atoms in total. The molecule has 2 aromatic carbocycles. The van der Waals surface area contributed by atoms with Crippen molar-refractivity contribution < 1.29 is 0 Å². The highest BCUT2D eigenvalue weighted by Gasteiger charge is 2.29. The lowest BCUT2D eigenvalue weighted by atomic mass is 10.1. The van der Waals surface area contributed by atoms with Gasteiger partial charge in [0, 0.05) is 13.1 Å². The number of aliphatic imine (C=N–C) groups is 1. The average molecular weight is 632 g/mol. The number of aryl methyl sites for hydroxylation is 2. The number of rotatable bonds is 6. The zero-order valence-electron chi connectivity index (χ0n) is 24.9. The molecule has 0 spiro atoms. The van der Waals surface area contributed by atoms with Crippen LogP contribution < -0.4 is 21.4 Å². The Hall–Kier alpha value is -4.50. The van der Waals surface area contributed by atoms with Gasteiger partial charge in [0.1, 0.15) is 11.4 Å². The van der Waals surface area contributed by atoms with E-state index >= 15 is 0 Å². The van der Waals surface area contributed by atoms with Crippen molar-refractivity contribution in [1.82, 2.24) is 34.6 Å². The molecule has 2 aromatic heterocycles. The molecule has 0 radical (unpaired) electrons. The van der Waals surface area contributed by atoms with E-state index in [9.17, 15) is 9.59 Å². The highest BCUT2D eigenvalue weighted by molar-refractivity contribution is 7.98. The van der Waals surface area contributed by atoms with Gasteiger partial charge in [0.25, 0.3) is 11.1 Å². The summed E-state index contributed by atoms with van der Waals surface area (Å²) in [7, 11) is 0. The van der Waals surface area contributed by atoms with E-state index in [1.54, 1.807) is 13.8 Å². The molecule has 1 aliphatic rings. The molecule has 228 valence electrons. The largest absolute Gasteiger partial charge is 0.341 e. The number of hydrogen-bond acceptors (Lipinski definition) is 10. The number of nitrogens with zero attached hydrogens (tertiary/aromatic N) is 10. The number of para-hydroxylation sites is 2. The predicted octanol–water partition coefficient (Wildman–Crippen LogP) is 3.69. The normalized spacial score (nSPS) is 14.0. The first-order valence-electron chi connectivity index (χ1n) is 14.0. The van der Waals surface area contributed by atoms with Gasteiger partial charge in [-0.3, -0.25) is 15.0 Å². The van der Waals surface area contributed by atoms with Crippen molar-refractivity contribution in [1.29, 1.82) is 0 Å². The summed E-state index contributed by atoms with van der Waals surface area (Å²) in [6, 6.07) is 19.0. The molecule has 1 fully saturated rings. The van der Waals surface area contributed by atoms with Crippen molar-refractivity contribution in [2.75, 3.05) is 35.9 Å². The van der Waals surface area contributed by atoms with Gasteiger partial charge in [-0.1, -0.05) is 59.9 Å². The summed E-state index contributed by atoms with van der Waals surface area (Å²) < 4.78 is 2.61. The van der Waals surface area contributed by atoms with Crippen LogP contribution in [0.4, 0.5) is 11.4 Å². The molecule has 44 heavy (non-hydrogen) atoms. The molecule has 4 aromatic rings. The van der Waals surface area contributed by atoms with E-state index in [-0.39, 0.29) is 28.5 Å². The molecule has 0 unspecified atom stereocenters. The molecule has 0 aliphatic carbocycles. The number of anilines is 1. The van der Waals surface area contributed by atoms with Gasteiger partial charge >= 0.3 is 0 Å². The molecule has 3 heterocycles. The zero-order valence-corrected chi connectivity index (χ0v) is 26.5. The molecule has 1 aliphatic heterocycles. The van der Waals surface area contributed by atoms with Crippen molar-refractivity contribution >= 4 is 46.8 Å². The van der Waals surface area contributed by atoms with Crippen LogP contribution in [0.1, 0.15) is 30.7 Å². The topological polar surface area (TPSA) is 139 Å². The summed E-state index contributed by atoms with van der Waals surface area (Å²) in [5.74, 6) is 0.689. The summed E-state index contributed by atoms with van der Waals surface area (Å²) in [5.41, 5.74) is 4.28. The molecule has 5 rings (SSSR count). The van der Waals surface area contributed by atoms with Crippen LogP contribution in [-0.2, 0) is 0 Å². The van der Waals surface area contributed by atoms with Crippen LogP contribution in [0.2, 0.25) is 0 Å². The van der Waals surface area contributed by atoms with E-state index in [2.05, 4.69) is 30.7 Å². The van der Waals surface area contributed by atoms with Gasteiger partial charge in [-0.2, -0.15) is 9.35 Å². The summed E-state index contributed by atoms with van der Waals surface area (Å²) in [6.45, 7) is 4.62. The van der Waals surface area contributed by atoms with E-state index in [0.29, 0.717) is 40.7 Å². The molecule has 15 heteroatoms. The third-order valence-electron chi connectivity index (χ3n) is 6.78. The lowest BCUT2D eigenvalue weighted by molar-refractivity contribution is 0.336. The highest BCUT2D eigenvalue weighted by atomic mass is 32.2. The van der Waals surface area contributed by atoms with Gasteiger partial charge in [0.2, 0.25) is 22.2 Å². The maximum absolute atomic E-state index is 13.4. The van der Waals surface area contributed by atoms with Crippen LogP contribution in [0.3, 0.4) is 0 Å². The van der Waals surface area contributed by atoms with E-state index in [0.717, 1.165) is 19.3 Å². The van der Waals surface area contributed by atoms with Gasteiger partial charge in [-0.05, 0) is 69.9 Å². The van der Waals surface area contributed by atoms with Crippen molar-refractivity contribution in [3.63, 3.8) is 0 Å². The minimum Gasteiger partial charge on any atom is -0.341 e. The van der Waals surface area contributed by atoms with Crippen molar-refractivity contribution in [3.8, 4) is 0 Å². The molecule has 0 amide bonds. The number of guanidine groups is 2. The predicted molar refractivity (Wildman–Crippen MR) is 176 cm³/mol. The summed E-state index contributed by atoms with van der Waals surface area (Å²) in [6.07, 6.45) is 6.61. The van der Waals surface area contributed by atoms with E-state index in [4.69, 9.17) is 10.1 Å². The monoisotopic (exact) mass is 631 g/mol. The van der Waals surface area contributed by atoms with Crippen LogP contribution in [0, 0.1) is 13.8 Å². The lowest BCUT2D eigenvalue weighted by Crippen LogP contribution is -2.54. The number of benzene rings is 2. The molecular weight excluding hydrogens is 599 g/mol. The number of nitrogens with one attached hydrogen (secondary N) is 1. The zero-order chi connectivity index (χ0) is 31.1. The molecular formula is C29H33N11O2S2. The highest BCUT2D eigenvalue weighted by Crippen LogP contribution is 2.23. The summed E-state index contributed by atoms with van der Waals surface area (Å²) >= 11 is 2.54. The summed E-state index contributed by atoms with van der Waals surface area (Å²) in [5, 5.41) is 22.2. The van der Waals surface area contributed by atoms with Gasteiger partial charge < -0.3 is 4.90 Å². The molecule has 1 N–H and O–H groups in total. The first kappa shape index (κ1) is 30.9. The Bertz CT molecular complexity index is 1770.